The number of hydrogen-bond acceptors (Lipinski definition) is 4. The Hall–Kier alpha value is -2.28. The van der Waals surface area contributed by atoms with Crippen molar-refractivity contribution in [2.75, 3.05) is 6.61 Å². The molecule has 0 saturated carbocycles. The lowest BCUT2D eigenvalue weighted by Crippen LogP contribution is -2.06. The first-order valence-corrected chi connectivity index (χ1v) is 11.8. The van der Waals surface area contributed by atoms with Crippen LogP contribution in [0, 0.1) is 11.8 Å². The molecule has 164 valence electrons. The zero-order valence-corrected chi connectivity index (χ0v) is 18.6. The lowest BCUT2D eigenvalue weighted by Gasteiger charge is -2.04. The zero-order valence-electron chi connectivity index (χ0n) is 18.6. The predicted octanol–water partition coefficient (Wildman–Crippen LogP) is 7.05. The average molecular weight is 412 g/mol. The van der Waals surface area contributed by atoms with Gasteiger partial charge >= 0.3 is 11.7 Å². The van der Waals surface area contributed by atoms with Gasteiger partial charge in [0.1, 0.15) is 0 Å². The van der Waals surface area contributed by atoms with E-state index in [2.05, 4.69) is 23.7 Å². The van der Waals surface area contributed by atoms with E-state index in [9.17, 15) is 4.79 Å². The van der Waals surface area contributed by atoms with Gasteiger partial charge in [-0.2, -0.15) is 4.98 Å². The number of para-hydroxylation sites is 1. The molecular weight excluding hydrogens is 374 g/mol. The van der Waals surface area contributed by atoms with E-state index in [0.717, 1.165) is 25.7 Å². The maximum atomic E-state index is 11.9. The molecule has 0 aliphatic rings. The normalized spacial score (nSPS) is 10.7. The molecule has 0 aliphatic heterocycles. The highest BCUT2D eigenvalue weighted by molar-refractivity contribution is 5.76. The van der Waals surface area contributed by atoms with Crippen LogP contribution in [-0.2, 0) is 0 Å². The number of ether oxygens (including phenoxy) is 1. The first-order valence-electron chi connectivity index (χ1n) is 11.8. The highest BCUT2D eigenvalue weighted by atomic mass is 16.6. The Morgan fingerprint density at radius 3 is 2.13 bits per heavy atom. The van der Waals surface area contributed by atoms with Gasteiger partial charge in [-0.15, -0.1) is 11.8 Å². The van der Waals surface area contributed by atoms with Crippen molar-refractivity contribution >= 4 is 10.9 Å². The van der Waals surface area contributed by atoms with E-state index < -0.39 is 5.63 Å². The van der Waals surface area contributed by atoms with E-state index in [-0.39, 0.29) is 6.08 Å². The Morgan fingerprint density at radius 1 is 0.833 bits per heavy atom. The van der Waals surface area contributed by atoms with Crippen molar-refractivity contribution < 1.29 is 9.15 Å². The van der Waals surface area contributed by atoms with E-state index in [1.54, 1.807) is 18.2 Å². The third-order valence-corrected chi connectivity index (χ3v) is 5.22. The summed E-state index contributed by atoms with van der Waals surface area (Å²) in [5, 5.41) is 0.485. The van der Waals surface area contributed by atoms with Crippen LogP contribution in [0.2, 0.25) is 0 Å². The monoisotopic (exact) mass is 411 g/mol. The standard InChI is InChI=1S/C26H37NO3/c1-2-3-4-5-6-7-8-9-10-11-12-13-14-15-16-19-22-29-26-27-24-21-18-17-20-23(24)25(28)30-26/h17-18,20-21H,2-6,9-16,19,22H2,1H3. The number of unbranched alkanes of at least 4 members (excludes halogenated alkanes) is 12. The van der Waals surface area contributed by atoms with Crippen molar-refractivity contribution in [2.45, 2.75) is 96.8 Å². The van der Waals surface area contributed by atoms with Gasteiger partial charge in [-0.05, 0) is 31.4 Å². The third-order valence-electron chi connectivity index (χ3n) is 5.22. The topological polar surface area (TPSA) is 52.3 Å². The van der Waals surface area contributed by atoms with Crippen LogP contribution in [0.15, 0.2) is 33.5 Å². The van der Waals surface area contributed by atoms with Gasteiger partial charge in [-0.3, -0.25) is 0 Å². The molecule has 4 heteroatoms. The fourth-order valence-electron chi connectivity index (χ4n) is 3.41. The summed E-state index contributed by atoms with van der Waals surface area (Å²) in [6, 6.07) is 7.15. The minimum Gasteiger partial charge on any atom is -0.450 e. The summed E-state index contributed by atoms with van der Waals surface area (Å²) in [6.45, 7) is 2.78. The number of aromatic nitrogens is 1. The van der Waals surface area contributed by atoms with Gasteiger partial charge in [-0.25, -0.2) is 4.79 Å². The van der Waals surface area contributed by atoms with Crippen LogP contribution in [0.1, 0.15) is 96.8 Å². The van der Waals surface area contributed by atoms with Gasteiger partial charge in [0.2, 0.25) is 0 Å². The zero-order chi connectivity index (χ0) is 21.3. The summed E-state index contributed by atoms with van der Waals surface area (Å²) in [6.07, 6.45) is 17.1. The van der Waals surface area contributed by atoms with Crippen molar-refractivity contribution in [1.29, 1.82) is 0 Å². The molecule has 2 aromatic rings. The first kappa shape index (κ1) is 24.0. The van der Waals surface area contributed by atoms with Crippen molar-refractivity contribution in [3.8, 4) is 17.9 Å². The molecule has 1 aromatic heterocycles. The third kappa shape index (κ3) is 9.96. The molecule has 30 heavy (non-hydrogen) atoms. The lowest BCUT2D eigenvalue weighted by atomic mass is 10.1. The molecule has 0 atom stereocenters. The van der Waals surface area contributed by atoms with Crippen LogP contribution in [-0.4, -0.2) is 11.6 Å². The van der Waals surface area contributed by atoms with Gasteiger partial charge in [-0.1, -0.05) is 76.8 Å². The summed E-state index contributed by atoms with van der Waals surface area (Å²) in [4.78, 5) is 16.1. The highest BCUT2D eigenvalue weighted by Crippen LogP contribution is 2.13. The van der Waals surface area contributed by atoms with E-state index in [0.29, 0.717) is 17.5 Å². The summed E-state index contributed by atoms with van der Waals surface area (Å²) >= 11 is 0. The van der Waals surface area contributed by atoms with E-state index in [1.165, 1.54) is 64.2 Å². The minimum atomic E-state index is -0.395. The molecule has 0 fully saturated rings. The van der Waals surface area contributed by atoms with Crippen LogP contribution in [0.25, 0.3) is 10.9 Å². The molecule has 1 aromatic carbocycles. The molecule has 0 unspecified atom stereocenters. The maximum absolute atomic E-state index is 11.9. The summed E-state index contributed by atoms with van der Waals surface area (Å²) in [5.41, 5.74) is 0.218. The van der Waals surface area contributed by atoms with Gasteiger partial charge in [0.05, 0.1) is 17.5 Å². The Balaban J connectivity index is 1.41. The predicted molar refractivity (Wildman–Crippen MR) is 124 cm³/mol. The molecule has 0 aliphatic carbocycles. The average Bonchev–Trinajstić information content (AvgIpc) is 2.76. The molecule has 0 spiro atoms. The SMILES string of the molecule is CCCCCCC#CCCCCCCCCCCOc1nc2ccccc2c(=O)o1. The van der Waals surface area contributed by atoms with Gasteiger partial charge in [0, 0.05) is 12.8 Å². The van der Waals surface area contributed by atoms with Crippen LogP contribution >= 0.6 is 0 Å². The number of benzene rings is 1. The van der Waals surface area contributed by atoms with Crippen LogP contribution in [0.5, 0.6) is 6.08 Å². The molecule has 2 rings (SSSR count). The summed E-state index contributed by atoms with van der Waals surface area (Å²) in [7, 11) is 0. The Labute approximate surface area is 181 Å². The van der Waals surface area contributed by atoms with Gasteiger partial charge in [0.25, 0.3) is 0 Å². The van der Waals surface area contributed by atoms with Crippen LogP contribution in [0.4, 0.5) is 0 Å². The van der Waals surface area contributed by atoms with E-state index >= 15 is 0 Å². The summed E-state index contributed by atoms with van der Waals surface area (Å²) < 4.78 is 10.6. The number of hydrogen-bond donors (Lipinski definition) is 0. The molecular formula is C26H37NO3. The van der Waals surface area contributed by atoms with Crippen LogP contribution in [0.3, 0.4) is 0 Å². The molecule has 1 heterocycles. The highest BCUT2D eigenvalue weighted by Gasteiger charge is 2.06. The molecule has 0 radical (unpaired) electrons. The lowest BCUT2D eigenvalue weighted by molar-refractivity contribution is 0.211. The first-order chi connectivity index (χ1) is 14.8. The van der Waals surface area contributed by atoms with Gasteiger partial charge < -0.3 is 9.15 Å². The number of rotatable bonds is 15. The molecule has 0 bridgehead atoms. The number of nitrogens with zero attached hydrogens (tertiary/aromatic N) is 1. The second-order valence-corrected chi connectivity index (χ2v) is 7.88. The maximum Gasteiger partial charge on any atom is 0.397 e. The van der Waals surface area contributed by atoms with E-state index in [1.807, 2.05) is 6.07 Å². The smallest absolute Gasteiger partial charge is 0.397 e. The largest absolute Gasteiger partial charge is 0.450 e. The minimum absolute atomic E-state index is 0.0720. The van der Waals surface area contributed by atoms with Crippen molar-refractivity contribution in [1.82, 2.24) is 4.98 Å². The fraction of sp³-hybridized carbons (Fsp3) is 0.615. The second-order valence-electron chi connectivity index (χ2n) is 7.88. The Bertz CT molecular complexity index is 831. The molecule has 0 saturated heterocycles. The second kappa shape index (κ2) is 15.5. The van der Waals surface area contributed by atoms with Gasteiger partial charge in [0.15, 0.2) is 0 Å². The molecule has 4 nitrogen and oxygen atoms in total. The molecule has 0 amide bonds. The number of fused-ring (bicyclic) bond motifs is 1. The van der Waals surface area contributed by atoms with Crippen molar-refractivity contribution in [3.63, 3.8) is 0 Å². The Kier molecular flexibility index (Phi) is 12.4. The fourth-order valence-corrected chi connectivity index (χ4v) is 3.41. The van der Waals surface area contributed by atoms with E-state index in [4.69, 9.17) is 9.15 Å². The Morgan fingerprint density at radius 2 is 1.43 bits per heavy atom. The van der Waals surface area contributed by atoms with Crippen molar-refractivity contribution in [2.24, 2.45) is 0 Å². The molecule has 0 N–H and O–H groups in total. The van der Waals surface area contributed by atoms with Crippen molar-refractivity contribution in [3.05, 3.63) is 34.7 Å². The van der Waals surface area contributed by atoms with Crippen LogP contribution < -0.4 is 10.4 Å². The quantitative estimate of drug-likeness (QED) is 0.233. The summed E-state index contributed by atoms with van der Waals surface area (Å²) in [5.74, 6) is 6.63.